The van der Waals surface area contributed by atoms with E-state index >= 15 is 0 Å². The summed E-state index contributed by atoms with van der Waals surface area (Å²) < 4.78 is 18.9. The second-order valence-electron chi connectivity index (χ2n) is 3.65. The number of nitrogens with zero attached hydrogens (tertiary/aromatic N) is 1. The molecule has 0 aliphatic carbocycles. The van der Waals surface area contributed by atoms with Gasteiger partial charge < -0.3 is 4.74 Å². The van der Waals surface area contributed by atoms with Gasteiger partial charge in [-0.2, -0.15) is 0 Å². The van der Waals surface area contributed by atoms with Gasteiger partial charge in [0.15, 0.2) is 22.9 Å². The van der Waals surface area contributed by atoms with Crippen molar-refractivity contribution >= 4 is 17.6 Å². The van der Waals surface area contributed by atoms with E-state index in [-0.39, 0.29) is 5.75 Å². The summed E-state index contributed by atoms with van der Waals surface area (Å²) in [5.74, 6) is -0.195. The molecule has 0 unspecified atom stereocenters. The van der Waals surface area contributed by atoms with Gasteiger partial charge in [-0.1, -0.05) is 0 Å². The molecule has 0 amide bonds. The third-order valence-electron chi connectivity index (χ3n) is 2.42. The Labute approximate surface area is 108 Å². The van der Waals surface area contributed by atoms with E-state index in [9.17, 15) is 9.18 Å². The molecule has 94 valence electrons. The average Bonchev–Trinajstić information content (AvgIpc) is 2.73. The normalized spacial score (nSPS) is 10.4. The molecule has 1 aromatic carbocycles. The molecular formula is C13H12FNO2S. The number of aldehydes is 1. The Hall–Kier alpha value is -1.75. The summed E-state index contributed by atoms with van der Waals surface area (Å²) in [6.45, 7) is 4.07. The van der Waals surface area contributed by atoms with Gasteiger partial charge in [0.25, 0.3) is 0 Å². The zero-order chi connectivity index (χ0) is 13.1. The van der Waals surface area contributed by atoms with Crippen molar-refractivity contribution in [3.63, 3.8) is 0 Å². The smallest absolute Gasteiger partial charge is 0.178 e. The van der Waals surface area contributed by atoms with Crippen LogP contribution in [-0.4, -0.2) is 17.9 Å². The van der Waals surface area contributed by atoms with Crippen LogP contribution in [0.5, 0.6) is 5.75 Å². The highest BCUT2D eigenvalue weighted by Gasteiger charge is 2.12. The standard InChI is InChI=1S/C13H12FNO2S/c1-3-17-11-5-4-9(6-10(11)14)13-8(2)18-12(7-16)15-13/h4-7H,3H2,1-2H3. The van der Waals surface area contributed by atoms with Crippen molar-refractivity contribution in [2.45, 2.75) is 13.8 Å². The lowest BCUT2D eigenvalue weighted by atomic mass is 10.1. The highest BCUT2D eigenvalue weighted by atomic mass is 32.1. The van der Waals surface area contributed by atoms with Gasteiger partial charge in [0.05, 0.1) is 12.3 Å². The van der Waals surface area contributed by atoms with Gasteiger partial charge in [-0.05, 0) is 32.0 Å². The van der Waals surface area contributed by atoms with Crippen LogP contribution in [0.3, 0.4) is 0 Å². The van der Waals surface area contributed by atoms with E-state index in [1.165, 1.54) is 17.4 Å². The fourth-order valence-corrected chi connectivity index (χ4v) is 2.41. The summed E-state index contributed by atoms with van der Waals surface area (Å²) in [6.07, 6.45) is 0.700. The number of carbonyl (C=O) groups is 1. The lowest BCUT2D eigenvalue weighted by molar-refractivity contribution is 0.112. The zero-order valence-corrected chi connectivity index (χ0v) is 10.9. The Balaban J connectivity index is 2.41. The highest BCUT2D eigenvalue weighted by Crippen LogP contribution is 2.29. The van der Waals surface area contributed by atoms with Crippen molar-refractivity contribution in [3.05, 3.63) is 33.9 Å². The Bertz CT molecular complexity index is 580. The number of aromatic nitrogens is 1. The molecule has 2 aromatic rings. The third-order valence-corrected chi connectivity index (χ3v) is 3.32. The average molecular weight is 265 g/mol. The van der Waals surface area contributed by atoms with Gasteiger partial charge in [0.1, 0.15) is 0 Å². The number of hydrogen-bond donors (Lipinski definition) is 0. The van der Waals surface area contributed by atoms with Crippen LogP contribution in [0.2, 0.25) is 0 Å². The Morgan fingerprint density at radius 2 is 2.28 bits per heavy atom. The number of rotatable bonds is 4. The van der Waals surface area contributed by atoms with Crippen LogP contribution in [0.25, 0.3) is 11.3 Å². The van der Waals surface area contributed by atoms with Crippen molar-refractivity contribution in [2.24, 2.45) is 0 Å². The van der Waals surface area contributed by atoms with Crippen molar-refractivity contribution in [1.82, 2.24) is 4.98 Å². The molecule has 0 spiro atoms. The summed E-state index contributed by atoms with van der Waals surface area (Å²) in [5.41, 5.74) is 1.29. The molecule has 1 aromatic heterocycles. The largest absolute Gasteiger partial charge is 0.491 e. The lowest BCUT2D eigenvalue weighted by Crippen LogP contribution is -1.95. The first kappa shape index (κ1) is 12.7. The maximum absolute atomic E-state index is 13.7. The molecule has 0 bridgehead atoms. The molecule has 0 aliphatic heterocycles. The van der Waals surface area contributed by atoms with E-state index < -0.39 is 5.82 Å². The molecule has 0 radical (unpaired) electrons. The number of benzene rings is 1. The molecule has 0 atom stereocenters. The van der Waals surface area contributed by atoms with Gasteiger partial charge in [-0.15, -0.1) is 11.3 Å². The number of thiazole rings is 1. The fraction of sp³-hybridized carbons (Fsp3) is 0.231. The minimum absolute atomic E-state index is 0.227. The van der Waals surface area contributed by atoms with Gasteiger partial charge in [-0.25, -0.2) is 9.37 Å². The monoisotopic (exact) mass is 265 g/mol. The minimum atomic E-state index is -0.422. The van der Waals surface area contributed by atoms with Gasteiger partial charge in [-0.3, -0.25) is 4.79 Å². The Kier molecular flexibility index (Phi) is 3.72. The Morgan fingerprint density at radius 3 is 2.83 bits per heavy atom. The molecule has 0 fully saturated rings. The van der Waals surface area contributed by atoms with Crippen LogP contribution >= 0.6 is 11.3 Å². The van der Waals surface area contributed by atoms with E-state index in [4.69, 9.17) is 4.74 Å². The second kappa shape index (κ2) is 5.27. The molecule has 5 heteroatoms. The first-order valence-electron chi connectivity index (χ1n) is 5.51. The molecule has 0 N–H and O–H groups in total. The number of aryl methyl sites for hydroxylation is 1. The maximum Gasteiger partial charge on any atom is 0.178 e. The van der Waals surface area contributed by atoms with E-state index in [1.807, 2.05) is 6.92 Å². The molecule has 0 saturated heterocycles. The van der Waals surface area contributed by atoms with Crippen LogP contribution in [0, 0.1) is 12.7 Å². The SMILES string of the molecule is CCOc1ccc(-c2nc(C=O)sc2C)cc1F. The van der Waals surface area contributed by atoms with Crippen LogP contribution in [0.15, 0.2) is 18.2 Å². The second-order valence-corrected chi connectivity index (χ2v) is 4.89. The van der Waals surface area contributed by atoms with Gasteiger partial charge >= 0.3 is 0 Å². The molecule has 0 saturated carbocycles. The molecule has 2 rings (SSSR count). The molecular weight excluding hydrogens is 253 g/mol. The Morgan fingerprint density at radius 1 is 1.50 bits per heavy atom. The van der Waals surface area contributed by atoms with Crippen LogP contribution < -0.4 is 4.74 Å². The van der Waals surface area contributed by atoms with Crippen molar-refractivity contribution < 1.29 is 13.9 Å². The molecule has 0 aliphatic rings. The summed E-state index contributed by atoms with van der Waals surface area (Å²) in [7, 11) is 0. The predicted molar refractivity (Wildman–Crippen MR) is 68.8 cm³/mol. The van der Waals surface area contributed by atoms with E-state index in [1.54, 1.807) is 19.1 Å². The van der Waals surface area contributed by atoms with E-state index in [2.05, 4.69) is 4.98 Å². The van der Waals surface area contributed by atoms with Crippen LogP contribution in [0.1, 0.15) is 21.6 Å². The first-order valence-corrected chi connectivity index (χ1v) is 6.32. The minimum Gasteiger partial charge on any atom is -0.491 e. The number of carbonyl (C=O) groups excluding carboxylic acids is 1. The molecule has 18 heavy (non-hydrogen) atoms. The topological polar surface area (TPSA) is 39.2 Å². The summed E-state index contributed by atoms with van der Waals surface area (Å²) >= 11 is 1.30. The summed E-state index contributed by atoms with van der Waals surface area (Å²) in [6, 6.07) is 4.69. The number of ether oxygens (including phenoxy) is 1. The lowest BCUT2D eigenvalue weighted by Gasteiger charge is -2.06. The number of halogens is 1. The van der Waals surface area contributed by atoms with Crippen molar-refractivity contribution in [2.75, 3.05) is 6.61 Å². The first-order chi connectivity index (χ1) is 8.65. The van der Waals surface area contributed by atoms with Gasteiger partial charge in [0, 0.05) is 10.4 Å². The van der Waals surface area contributed by atoms with Crippen LogP contribution in [-0.2, 0) is 0 Å². The molecule has 1 heterocycles. The highest BCUT2D eigenvalue weighted by molar-refractivity contribution is 7.13. The predicted octanol–water partition coefficient (Wildman–Crippen LogP) is 3.47. The maximum atomic E-state index is 13.7. The van der Waals surface area contributed by atoms with Crippen molar-refractivity contribution in [1.29, 1.82) is 0 Å². The molecule has 3 nitrogen and oxygen atoms in total. The number of hydrogen-bond acceptors (Lipinski definition) is 4. The van der Waals surface area contributed by atoms with Crippen molar-refractivity contribution in [3.8, 4) is 17.0 Å². The quantitative estimate of drug-likeness (QED) is 0.795. The van der Waals surface area contributed by atoms with Gasteiger partial charge in [0.2, 0.25) is 0 Å². The fourth-order valence-electron chi connectivity index (χ4n) is 1.66. The summed E-state index contributed by atoms with van der Waals surface area (Å²) in [4.78, 5) is 15.7. The summed E-state index contributed by atoms with van der Waals surface area (Å²) in [5, 5.41) is 0.400. The zero-order valence-electron chi connectivity index (χ0n) is 10.1. The van der Waals surface area contributed by atoms with Crippen LogP contribution in [0.4, 0.5) is 4.39 Å². The van der Waals surface area contributed by atoms with E-state index in [0.29, 0.717) is 29.2 Å². The third kappa shape index (κ3) is 2.41. The van der Waals surface area contributed by atoms with E-state index in [0.717, 1.165) is 4.88 Å².